The van der Waals surface area contributed by atoms with Crippen molar-refractivity contribution in [1.29, 1.82) is 0 Å². The summed E-state index contributed by atoms with van der Waals surface area (Å²) in [5.74, 6) is -0.292. The number of benzene rings is 1. The molecule has 0 radical (unpaired) electrons. The van der Waals surface area contributed by atoms with Crippen LogP contribution >= 0.6 is 0 Å². The van der Waals surface area contributed by atoms with Gasteiger partial charge in [0.05, 0.1) is 11.1 Å². The van der Waals surface area contributed by atoms with Crippen molar-refractivity contribution in [2.24, 2.45) is 5.41 Å². The second-order valence-electron chi connectivity index (χ2n) is 5.83. The first kappa shape index (κ1) is 12.4. The Morgan fingerprint density at radius 1 is 1.21 bits per heavy atom. The smallest absolute Gasteiger partial charge is 0.261 e. The fourth-order valence-electron chi connectivity index (χ4n) is 3.02. The molecule has 0 aliphatic carbocycles. The van der Waals surface area contributed by atoms with Crippen LogP contribution in [-0.2, 0) is 0 Å². The van der Waals surface area contributed by atoms with Crippen molar-refractivity contribution in [2.45, 2.75) is 19.8 Å². The van der Waals surface area contributed by atoms with E-state index >= 15 is 0 Å². The Morgan fingerprint density at radius 2 is 1.84 bits per heavy atom. The fourth-order valence-corrected chi connectivity index (χ4v) is 3.02. The number of fused-ring (bicyclic) bond motifs is 1. The van der Waals surface area contributed by atoms with Gasteiger partial charge in [-0.25, -0.2) is 0 Å². The van der Waals surface area contributed by atoms with Gasteiger partial charge >= 0.3 is 0 Å². The minimum absolute atomic E-state index is 0.00832. The van der Waals surface area contributed by atoms with E-state index in [9.17, 15) is 9.59 Å². The van der Waals surface area contributed by atoms with Crippen LogP contribution in [0.1, 0.15) is 40.5 Å². The van der Waals surface area contributed by atoms with Gasteiger partial charge in [0.15, 0.2) is 0 Å². The number of carbonyl (C=O) groups excluding carboxylic acids is 2. The number of rotatable bonds is 2. The average Bonchev–Trinajstić information content (AvgIpc) is 2.65. The van der Waals surface area contributed by atoms with E-state index in [4.69, 9.17) is 0 Å². The van der Waals surface area contributed by atoms with Crippen molar-refractivity contribution in [1.82, 2.24) is 10.2 Å². The summed E-state index contributed by atoms with van der Waals surface area (Å²) in [6.07, 6.45) is 2.15. The van der Waals surface area contributed by atoms with Crippen LogP contribution in [0.25, 0.3) is 0 Å². The van der Waals surface area contributed by atoms with Gasteiger partial charge in [-0.05, 0) is 36.9 Å². The van der Waals surface area contributed by atoms with Crippen LogP contribution in [0, 0.1) is 5.41 Å². The normalized spacial score (nSPS) is 26.7. The van der Waals surface area contributed by atoms with E-state index < -0.39 is 0 Å². The lowest BCUT2D eigenvalue weighted by Gasteiger charge is -2.36. The molecule has 3 rings (SSSR count). The van der Waals surface area contributed by atoms with Gasteiger partial charge in [0, 0.05) is 13.1 Å². The lowest BCUT2D eigenvalue weighted by molar-refractivity contribution is 0.0555. The Morgan fingerprint density at radius 3 is 2.37 bits per heavy atom. The number of amides is 2. The number of carbonyl (C=O) groups is 2. The maximum Gasteiger partial charge on any atom is 0.261 e. The predicted octanol–water partition coefficient (Wildman–Crippen LogP) is 1.67. The molecule has 2 aliphatic rings. The largest absolute Gasteiger partial charge is 0.316 e. The fraction of sp³-hybridized carbons (Fsp3) is 0.467. The third kappa shape index (κ3) is 2.06. The van der Waals surface area contributed by atoms with Crippen molar-refractivity contribution in [3.8, 4) is 0 Å². The van der Waals surface area contributed by atoms with Gasteiger partial charge in [-0.15, -0.1) is 0 Å². The number of imide groups is 1. The minimum Gasteiger partial charge on any atom is -0.316 e. The summed E-state index contributed by atoms with van der Waals surface area (Å²) in [5.41, 5.74) is 1.07. The number of piperidine rings is 1. The molecule has 2 amide bonds. The summed E-state index contributed by atoms with van der Waals surface area (Å²) >= 11 is 0. The number of hydrogen-bond acceptors (Lipinski definition) is 3. The second kappa shape index (κ2) is 4.46. The van der Waals surface area contributed by atoms with Gasteiger partial charge in [-0.3, -0.25) is 14.5 Å². The molecule has 1 saturated heterocycles. The molecule has 4 heteroatoms. The van der Waals surface area contributed by atoms with Gasteiger partial charge in [0.2, 0.25) is 0 Å². The Bertz CT molecular complexity index is 498. The SMILES string of the molecule is CC1(CN2C(=O)c3ccccc3C2=O)CCCNC1. The standard InChI is InChI=1S/C15H18N2O2/c1-15(7-4-8-16-9-15)10-17-13(18)11-5-2-3-6-12(11)14(17)19/h2-3,5-6,16H,4,7-10H2,1H3. The maximum absolute atomic E-state index is 12.3. The summed E-state index contributed by atoms with van der Waals surface area (Å²) in [6.45, 7) is 4.53. The molecule has 19 heavy (non-hydrogen) atoms. The zero-order valence-corrected chi connectivity index (χ0v) is 11.1. The van der Waals surface area contributed by atoms with Crippen LogP contribution in [0.4, 0.5) is 0 Å². The zero-order valence-electron chi connectivity index (χ0n) is 11.1. The van der Waals surface area contributed by atoms with Crippen molar-refractivity contribution in [2.75, 3.05) is 19.6 Å². The summed E-state index contributed by atoms with van der Waals surface area (Å²) in [7, 11) is 0. The minimum atomic E-state index is -0.146. The van der Waals surface area contributed by atoms with Crippen LogP contribution in [-0.4, -0.2) is 36.3 Å². The van der Waals surface area contributed by atoms with E-state index in [0.717, 1.165) is 25.9 Å². The van der Waals surface area contributed by atoms with E-state index in [2.05, 4.69) is 12.2 Å². The van der Waals surface area contributed by atoms with Gasteiger partial charge in [-0.2, -0.15) is 0 Å². The van der Waals surface area contributed by atoms with E-state index in [1.807, 2.05) is 0 Å². The molecule has 0 bridgehead atoms. The third-order valence-electron chi connectivity index (χ3n) is 4.10. The average molecular weight is 258 g/mol. The van der Waals surface area contributed by atoms with E-state index in [-0.39, 0.29) is 17.2 Å². The molecular weight excluding hydrogens is 240 g/mol. The Hall–Kier alpha value is -1.68. The molecule has 2 aliphatic heterocycles. The van der Waals surface area contributed by atoms with Crippen molar-refractivity contribution in [3.63, 3.8) is 0 Å². The highest BCUT2D eigenvalue weighted by Crippen LogP contribution is 2.31. The molecule has 1 aromatic carbocycles. The van der Waals surface area contributed by atoms with Gasteiger partial charge in [0.25, 0.3) is 11.8 Å². The topological polar surface area (TPSA) is 49.4 Å². The Kier molecular flexibility index (Phi) is 2.90. The van der Waals surface area contributed by atoms with Gasteiger partial charge < -0.3 is 5.32 Å². The van der Waals surface area contributed by atoms with Crippen molar-refractivity contribution < 1.29 is 9.59 Å². The summed E-state index contributed by atoms with van der Waals surface area (Å²) in [6, 6.07) is 7.07. The highest BCUT2D eigenvalue weighted by atomic mass is 16.2. The molecule has 1 atom stereocenters. The zero-order chi connectivity index (χ0) is 13.5. The molecule has 0 spiro atoms. The van der Waals surface area contributed by atoms with Crippen LogP contribution in [0.3, 0.4) is 0 Å². The Balaban J connectivity index is 1.84. The number of nitrogens with zero attached hydrogens (tertiary/aromatic N) is 1. The van der Waals surface area contributed by atoms with E-state index in [1.54, 1.807) is 24.3 Å². The van der Waals surface area contributed by atoms with Crippen LogP contribution in [0.15, 0.2) is 24.3 Å². The molecule has 1 aromatic rings. The highest BCUT2D eigenvalue weighted by Gasteiger charge is 2.40. The van der Waals surface area contributed by atoms with Crippen LogP contribution < -0.4 is 5.32 Å². The molecule has 2 heterocycles. The molecule has 0 saturated carbocycles. The molecule has 1 fully saturated rings. The second-order valence-corrected chi connectivity index (χ2v) is 5.83. The van der Waals surface area contributed by atoms with E-state index in [0.29, 0.717) is 17.7 Å². The summed E-state index contributed by atoms with van der Waals surface area (Å²) < 4.78 is 0. The summed E-state index contributed by atoms with van der Waals surface area (Å²) in [5, 5.41) is 3.35. The molecule has 100 valence electrons. The highest BCUT2D eigenvalue weighted by molar-refractivity contribution is 6.21. The predicted molar refractivity (Wildman–Crippen MR) is 72.0 cm³/mol. The monoisotopic (exact) mass is 258 g/mol. The number of hydrogen-bond donors (Lipinski definition) is 1. The maximum atomic E-state index is 12.3. The van der Waals surface area contributed by atoms with Crippen molar-refractivity contribution in [3.05, 3.63) is 35.4 Å². The first-order valence-electron chi connectivity index (χ1n) is 6.77. The quantitative estimate of drug-likeness (QED) is 0.821. The molecule has 1 unspecified atom stereocenters. The lowest BCUT2D eigenvalue weighted by atomic mass is 9.82. The van der Waals surface area contributed by atoms with Crippen molar-refractivity contribution >= 4 is 11.8 Å². The molecule has 4 nitrogen and oxygen atoms in total. The molecule has 1 N–H and O–H groups in total. The van der Waals surface area contributed by atoms with Gasteiger partial charge in [0.1, 0.15) is 0 Å². The third-order valence-corrected chi connectivity index (χ3v) is 4.10. The van der Waals surface area contributed by atoms with Crippen LogP contribution in [0.2, 0.25) is 0 Å². The van der Waals surface area contributed by atoms with E-state index in [1.165, 1.54) is 4.90 Å². The first-order valence-corrected chi connectivity index (χ1v) is 6.77. The van der Waals surface area contributed by atoms with Gasteiger partial charge in [-0.1, -0.05) is 19.1 Å². The lowest BCUT2D eigenvalue weighted by Crippen LogP contribution is -2.47. The first-order chi connectivity index (χ1) is 9.11. The summed E-state index contributed by atoms with van der Waals surface area (Å²) in [4.78, 5) is 26.0. The molecule has 0 aromatic heterocycles. The van der Waals surface area contributed by atoms with Crippen LogP contribution in [0.5, 0.6) is 0 Å². The Labute approximate surface area is 112 Å². The molecular formula is C15H18N2O2. The number of nitrogens with one attached hydrogen (secondary N) is 1.